The van der Waals surface area contributed by atoms with Crippen LogP contribution in [0.15, 0.2) is 30.3 Å². The largest absolute Gasteiger partial charge is 0.469 e. The molecule has 0 N–H and O–H groups in total. The van der Waals surface area contributed by atoms with Crippen molar-refractivity contribution in [3.8, 4) is 0 Å². The number of hydrogen-bond acceptors (Lipinski definition) is 3. The predicted octanol–water partition coefficient (Wildman–Crippen LogP) is 3.27. The zero-order chi connectivity index (χ0) is 15.9. The topological polar surface area (TPSA) is 46.6 Å². The zero-order valence-electron chi connectivity index (χ0n) is 13.5. The van der Waals surface area contributed by atoms with E-state index in [4.69, 9.17) is 4.74 Å². The molecule has 1 aromatic carbocycles. The first-order valence-electron chi connectivity index (χ1n) is 8.07. The number of hydrogen-bond donors (Lipinski definition) is 0. The molecule has 0 aromatic heterocycles. The van der Waals surface area contributed by atoms with Gasteiger partial charge in [-0.15, -0.1) is 0 Å². The van der Waals surface area contributed by atoms with Crippen molar-refractivity contribution in [1.82, 2.24) is 4.90 Å². The molecular formula is C18H25NO3. The highest BCUT2D eigenvalue weighted by atomic mass is 16.5. The smallest absolute Gasteiger partial charge is 0.310 e. The highest BCUT2D eigenvalue weighted by Crippen LogP contribution is 2.25. The normalized spacial score (nSPS) is 16.8. The molecule has 1 aliphatic carbocycles. The number of carbonyl (C=O) groups is 2. The second kappa shape index (κ2) is 7.97. The molecule has 120 valence electrons. The number of esters is 1. The molecule has 0 radical (unpaired) electrons. The van der Waals surface area contributed by atoms with Crippen molar-refractivity contribution in [2.45, 2.75) is 45.1 Å². The maximum Gasteiger partial charge on any atom is 0.310 e. The average molecular weight is 303 g/mol. The van der Waals surface area contributed by atoms with E-state index < -0.39 is 0 Å². The van der Waals surface area contributed by atoms with Crippen molar-refractivity contribution in [3.63, 3.8) is 0 Å². The van der Waals surface area contributed by atoms with E-state index in [0.29, 0.717) is 12.1 Å². The Morgan fingerprint density at radius 2 is 1.82 bits per heavy atom. The van der Waals surface area contributed by atoms with Crippen molar-refractivity contribution < 1.29 is 14.3 Å². The minimum absolute atomic E-state index is 0.0169. The third kappa shape index (κ3) is 4.09. The highest BCUT2D eigenvalue weighted by Gasteiger charge is 2.29. The van der Waals surface area contributed by atoms with Crippen LogP contribution in [0.1, 0.15) is 49.4 Å². The number of benzene rings is 1. The van der Waals surface area contributed by atoms with Crippen LogP contribution >= 0.6 is 0 Å². The van der Waals surface area contributed by atoms with E-state index in [1.54, 1.807) is 0 Å². The van der Waals surface area contributed by atoms with Crippen LogP contribution < -0.4 is 0 Å². The van der Waals surface area contributed by atoms with Crippen molar-refractivity contribution >= 4 is 11.9 Å². The molecule has 1 fully saturated rings. The molecule has 1 atom stereocenters. The van der Waals surface area contributed by atoms with Crippen molar-refractivity contribution in [3.05, 3.63) is 35.9 Å². The Kier molecular flexibility index (Phi) is 5.99. The molecule has 1 saturated carbocycles. The van der Waals surface area contributed by atoms with Crippen LogP contribution in [0.4, 0.5) is 0 Å². The van der Waals surface area contributed by atoms with Gasteiger partial charge >= 0.3 is 5.97 Å². The summed E-state index contributed by atoms with van der Waals surface area (Å²) in [7, 11) is 1.39. The lowest BCUT2D eigenvalue weighted by atomic mass is 9.93. The van der Waals surface area contributed by atoms with Gasteiger partial charge in [0.1, 0.15) is 0 Å². The number of carbonyl (C=O) groups excluding carboxylic acids is 2. The van der Waals surface area contributed by atoms with Gasteiger partial charge in [0.15, 0.2) is 0 Å². The maximum absolute atomic E-state index is 12.9. The summed E-state index contributed by atoms with van der Waals surface area (Å²) in [6, 6.07) is 9.54. The lowest BCUT2D eigenvalue weighted by Gasteiger charge is -2.35. The van der Waals surface area contributed by atoms with Crippen LogP contribution in [0, 0.1) is 5.92 Å². The third-order valence-corrected chi connectivity index (χ3v) is 4.37. The van der Waals surface area contributed by atoms with Crippen molar-refractivity contribution in [2.75, 3.05) is 13.7 Å². The van der Waals surface area contributed by atoms with Gasteiger partial charge in [-0.25, -0.2) is 0 Å². The lowest BCUT2D eigenvalue weighted by Crippen LogP contribution is -2.45. The summed E-state index contributed by atoms with van der Waals surface area (Å²) >= 11 is 0. The number of rotatable bonds is 5. The first-order valence-corrected chi connectivity index (χ1v) is 8.07. The third-order valence-electron chi connectivity index (χ3n) is 4.37. The van der Waals surface area contributed by atoms with Gasteiger partial charge in [0, 0.05) is 18.2 Å². The molecule has 22 heavy (non-hydrogen) atoms. The summed E-state index contributed by atoms with van der Waals surface area (Å²) in [5, 5.41) is 0. The number of nitrogens with zero attached hydrogens (tertiary/aromatic N) is 1. The fraction of sp³-hybridized carbons (Fsp3) is 0.556. The molecule has 1 aromatic rings. The minimum Gasteiger partial charge on any atom is -0.469 e. The molecule has 1 amide bonds. The van der Waals surface area contributed by atoms with Gasteiger partial charge in [-0.05, 0) is 25.0 Å². The molecule has 0 heterocycles. The summed E-state index contributed by atoms with van der Waals surface area (Å²) in [6.45, 7) is 2.24. The van der Waals surface area contributed by atoms with E-state index in [0.717, 1.165) is 25.7 Å². The molecule has 1 unspecified atom stereocenters. The van der Waals surface area contributed by atoms with E-state index in [1.165, 1.54) is 13.5 Å². The van der Waals surface area contributed by atoms with Crippen LogP contribution in [0.3, 0.4) is 0 Å². The van der Waals surface area contributed by atoms with Gasteiger partial charge in [-0.3, -0.25) is 9.59 Å². The molecule has 4 heteroatoms. The molecule has 4 nitrogen and oxygen atoms in total. The standard InChI is InChI=1S/C18H25NO3/c1-14(18(21)22-2)13-19(16-11-7-4-8-12-16)17(20)15-9-5-3-6-10-15/h3,5-6,9-10,14,16H,4,7-8,11-13H2,1-2H3. The number of methoxy groups -OCH3 is 1. The van der Waals surface area contributed by atoms with E-state index in [9.17, 15) is 9.59 Å². The SMILES string of the molecule is COC(=O)C(C)CN(C(=O)c1ccccc1)C1CCCCC1. The molecule has 1 aliphatic rings. The summed E-state index contributed by atoms with van der Waals surface area (Å²) in [6.07, 6.45) is 5.57. The zero-order valence-corrected chi connectivity index (χ0v) is 13.5. The van der Waals surface area contributed by atoms with Crippen LogP contribution in [-0.2, 0) is 9.53 Å². The quantitative estimate of drug-likeness (QED) is 0.784. The van der Waals surface area contributed by atoms with Gasteiger partial charge in [-0.2, -0.15) is 0 Å². The summed E-state index contributed by atoms with van der Waals surface area (Å²) in [5.74, 6) is -0.551. The van der Waals surface area contributed by atoms with Crippen molar-refractivity contribution in [2.24, 2.45) is 5.92 Å². The van der Waals surface area contributed by atoms with Gasteiger partial charge < -0.3 is 9.64 Å². The van der Waals surface area contributed by atoms with E-state index >= 15 is 0 Å². The molecule has 2 rings (SSSR count). The van der Waals surface area contributed by atoms with Crippen LogP contribution in [0.25, 0.3) is 0 Å². The van der Waals surface area contributed by atoms with E-state index in [-0.39, 0.29) is 23.8 Å². The Bertz CT molecular complexity index is 494. The molecular weight excluding hydrogens is 278 g/mol. The molecule has 0 spiro atoms. The monoisotopic (exact) mass is 303 g/mol. The van der Waals surface area contributed by atoms with Gasteiger partial charge in [0.25, 0.3) is 5.91 Å². The Hall–Kier alpha value is -1.84. The van der Waals surface area contributed by atoms with Crippen LogP contribution in [0.5, 0.6) is 0 Å². The minimum atomic E-state index is -0.306. The fourth-order valence-corrected chi connectivity index (χ4v) is 3.11. The fourth-order valence-electron chi connectivity index (χ4n) is 3.11. The summed E-state index contributed by atoms with van der Waals surface area (Å²) in [5.41, 5.74) is 0.685. The summed E-state index contributed by atoms with van der Waals surface area (Å²) < 4.78 is 4.81. The molecule has 0 aliphatic heterocycles. The average Bonchev–Trinajstić information content (AvgIpc) is 2.59. The second-order valence-electron chi connectivity index (χ2n) is 6.04. The molecule has 0 saturated heterocycles. The summed E-state index contributed by atoms with van der Waals surface area (Å²) in [4.78, 5) is 26.5. The Morgan fingerprint density at radius 1 is 1.18 bits per heavy atom. The lowest BCUT2D eigenvalue weighted by molar-refractivity contribution is -0.145. The van der Waals surface area contributed by atoms with Gasteiger partial charge in [0.2, 0.25) is 0 Å². The first-order chi connectivity index (χ1) is 10.6. The highest BCUT2D eigenvalue weighted by molar-refractivity contribution is 5.94. The van der Waals surface area contributed by atoms with Crippen LogP contribution in [-0.4, -0.2) is 36.5 Å². The Morgan fingerprint density at radius 3 is 2.41 bits per heavy atom. The number of ether oxygens (including phenoxy) is 1. The molecule has 0 bridgehead atoms. The van der Waals surface area contributed by atoms with Gasteiger partial charge in [0.05, 0.1) is 13.0 Å². The van der Waals surface area contributed by atoms with E-state index in [2.05, 4.69) is 0 Å². The Balaban J connectivity index is 2.17. The van der Waals surface area contributed by atoms with Crippen LogP contribution in [0.2, 0.25) is 0 Å². The predicted molar refractivity (Wildman–Crippen MR) is 85.5 cm³/mol. The van der Waals surface area contributed by atoms with Gasteiger partial charge in [-0.1, -0.05) is 44.4 Å². The second-order valence-corrected chi connectivity index (χ2v) is 6.04. The Labute approximate surface area is 132 Å². The number of amides is 1. The maximum atomic E-state index is 12.9. The van der Waals surface area contributed by atoms with Crippen molar-refractivity contribution in [1.29, 1.82) is 0 Å². The first kappa shape index (κ1) is 16.5. The van der Waals surface area contributed by atoms with E-state index in [1.807, 2.05) is 42.2 Å².